The van der Waals surface area contributed by atoms with Crippen LogP contribution in [0.3, 0.4) is 0 Å². The van der Waals surface area contributed by atoms with Crippen molar-refractivity contribution in [2.75, 3.05) is 0 Å². The first-order valence-electron chi connectivity index (χ1n) is 20.5. The van der Waals surface area contributed by atoms with E-state index in [1.165, 1.54) is 5.39 Å². The average molecular weight is 784 g/mol. The number of nitrogens with zero attached hydrogens (tertiary/aromatic N) is 3. The van der Waals surface area contributed by atoms with E-state index < -0.39 is 0 Å². The second-order valence-corrected chi connectivity index (χ2v) is 16.0. The molecule has 8 aromatic carbocycles. The van der Waals surface area contributed by atoms with Crippen LogP contribution >= 0.6 is 0 Å². The van der Waals surface area contributed by atoms with E-state index in [9.17, 15) is 0 Å². The first kappa shape index (κ1) is 31.6. The zero-order valence-electron chi connectivity index (χ0n) is 32.2. The Kier molecular flexibility index (Phi) is 5.79. The molecule has 0 radical (unpaired) electrons. The predicted octanol–water partition coefficient (Wildman–Crippen LogP) is 15.1. The lowest BCUT2D eigenvalue weighted by Gasteiger charge is -2.14. The van der Waals surface area contributed by atoms with Crippen LogP contribution in [-0.2, 0) is 0 Å². The Balaban J connectivity index is 1.12. The van der Waals surface area contributed by atoms with Crippen molar-refractivity contribution in [2.45, 2.75) is 0 Å². The van der Waals surface area contributed by atoms with Crippen molar-refractivity contribution in [1.82, 2.24) is 13.7 Å². The number of furan rings is 4. The van der Waals surface area contributed by atoms with Gasteiger partial charge in [-0.15, -0.1) is 0 Å². The number of hydrogen-bond acceptors (Lipinski definition) is 4. The summed E-state index contributed by atoms with van der Waals surface area (Å²) in [7, 11) is 0. The molecule has 61 heavy (non-hydrogen) atoms. The fourth-order valence-corrected chi connectivity index (χ4v) is 10.4. The fourth-order valence-electron chi connectivity index (χ4n) is 10.4. The molecule has 0 aliphatic rings. The number of aromatic nitrogens is 3. The van der Waals surface area contributed by atoms with Crippen molar-refractivity contribution >= 4 is 121 Å². The largest absolute Gasteiger partial charge is 0.450 e. The van der Waals surface area contributed by atoms with Gasteiger partial charge in [0, 0.05) is 49.1 Å². The van der Waals surface area contributed by atoms with Crippen LogP contribution in [0.2, 0.25) is 0 Å². The summed E-state index contributed by atoms with van der Waals surface area (Å²) in [6, 6.07) is 61.7. The maximum atomic E-state index is 6.65. The molecule has 0 atom stereocenters. The van der Waals surface area contributed by atoms with Gasteiger partial charge < -0.3 is 31.4 Å². The van der Waals surface area contributed by atoms with Gasteiger partial charge in [0.2, 0.25) is 0 Å². The van der Waals surface area contributed by atoms with Gasteiger partial charge in [-0.25, -0.2) is 0 Å². The summed E-state index contributed by atoms with van der Waals surface area (Å²) in [5, 5.41) is 8.77. The number of para-hydroxylation sites is 5. The molecule has 7 nitrogen and oxygen atoms in total. The van der Waals surface area contributed by atoms with Gasteiger partial charge in [0.25, 0.3) is 0 Å². The van der Waals surface area contributed by atoms with Gasteiger partial charge in [-0.2, -0.15) is 0 Å². The van der Waals surface area contributed by atoms with Gasteiger partial charge in [-0.05, 0) is 84.2 Å². The van der Waals surface area contributed by atoms with Gasteiger partial charge in [0.15, 0.2) is 22.3 Å². The van der Waals surface area contributed by atoms with Crippen molar-refractivity contribution < 1.29 is 17.7 Å². The number of hydrogen-bond donors (Lipinski definition) is 0. The molecule has 15 rings (SSSR count). The Bertz CT molecular complexity index is 4180. The van der Waals surface area contributed by atoms with Crippen LogP contribution in [0.15, 0.2) is 194 Å². The highest BCUT2D eigenvalue weighted by Crippen LogP contribution is 2.48. The van der Waals surface area contributed by atoms with Crippen molar-refractivity contribution in [2.24, 2.45) is 0 Å². The highest BCUT2D eigenvalue weighted by molar-refractivity contribution is 6.27. The van der Waals surface area contributed by atoms with Crippen LogP contribution < -0.4 is 0 Å². The van der Waals surface area contributed by atoms with E-state index in [1.807, 2.05) is 48.5 Å². The average Bonchev–Trinajstić information content (AvgIpc) is 4.17. The van der Waals surface area contributed by atoms with Crippen molar-refractivity contribution in [3.63, 3.8) is 0 Å². The Morgan fingerprint density at radius 3 is 1.21 bits per heavy atom. The van der Waals surface area contributed by atoms with Crippen LogP contribution in [-0.4, -0.2) is 13.7 Å². The van der Waals surface area contributed by atoms with Crippen LogP contribution in [0.5, 0.6) is 0 Å². The van der Waals surface area contributed by atoms with Gasteiger partial charge >= 0.3 is 0 Å². The zero-order chi connectivity index (χ0) is 39.5. The molecule has 7 heterocycles. The molecule has 0 amide bonds. The van der Waals surface area contributed by atoms with Crippen LogP contribution in [0, 0.1) is 0 Å². The Morgan fingerprint density at radius 1 is 0.279 bits per heavy atom. The Labute approximate surface area is 344 Å². The molecule has 0 saturated heterocycles. The maximum absolute atomic E-state index is 6.65. The van der Waals surface area contributed by atoms with Crippen LogP contribution in [0.25, 0.3) is 138 Å². The number of fused-ring (bicyclic) bond motifs is 19. The van der Waals surface area contributed by atoms with E-state index in [1.54, 1.807) is 0 Å². The lowest BCUT2D eigenvalue weighted by molar-refractivity contribution is 0.634. The molecule has 0 bridgehead atoms. The summed E-state index contributed by atoms with van der Waals surface area (Å²) in [6.07, 6.45) is 0. The molecule has 7 aromatic heterocycles. The van der Waals surface area contributed by atoms with E-state index in [4.69, 9.17) is 17.7 Å². The smallest absolute Gasteiger partial charge is 0.196 e. The fraction of sp³-hybridized carbons (Fsp3) is 0. The first-order valence-corrected chi connectivity index (χ1v) is 20.5. The molecule has 7 heteroatoms. The van der Waals surface area contributed by atoms with E-state index in [0.29, 0.717) is 0 Å². The van der Waals surface area contributed by atoms with Crippen molar-refractivity contribution in [3.05, 3.63) is 176 Å². The van der Waals surface area contributed by atoms with Crippen LogP contribution in [0.1, 0.15) is 0 Å². The first-order chi connectivity index (χ1) is 30.3. The molecule has 0 N–H and O–H groups in total. The van der Waals surface area contributed by atoms with Crippen LogP contribution in [0.4, 0.5) is 0 Å². The lowest BCUT2D eigenvalue weighted by atomic mass is 10.0. The molecule has 0 saturated carbocycles. The topological polar surface area (TPSA) is 67.3 Å². The minimum atomic E-state index is 0.743. The molecule has 0 fully saturated rings. The predicted molar refractivity (Wildman–Crippen MR) is 246 cm³/mol. The van der Waals surface area contributed by atoms with Gasteiger partial charge in [0.05, 0.1) is 16.7 Å². The van der Waals surface area contributed by atoms with E-state index >= 15 is 0 Å². The Hall–Kier alpha value is -8.42. The molecule has 0 spiro atoms. The summed E-state index contributed by atoms with van der Waals surface area (Å²) >= 11 is 0. The summed E-state index contributed by atoms with van der Waals surface area (Å²) in [6.45, 7) is 0. The molecule has 284 valence electrons. The monoisotopic (exact) mass is 783 g/mol. The minimum Gasteiger partial charge on any atom is -0.450 e. The molecular weight excluding hydrogens is 755 g/mol. The summed E-state index contributed by atoms with van der Waals surface area (Å²) in [5.41, 5.74) is 15.5. The summed E-state index contributed by atoms with van der Waals surface area (Å²) in [5.74, 6) is 0. The molecular formula is C54H29N3O4. The van der Waals surface area contributed by atoms with Crippen molar-refractivity contribution in [1.29, 1.82) is 0 Å². The molecule has 15 aromatic rings. The molecule has 0 unspecified atom stereocenters. The highest BCUT2D eigenvalue weighted by Gasteiger charge is 2.29. The summed E-state index contributed by atoms with van der Waals surface area (Å²) in [4.78, 5) is 0. The summed E-state index contributed by atoms with van der Waals surface area (Å²) < 4.78 is 33.6. The second-order valence-electron chi connectivity index (χ2n) is 16.0. The van der Waals surface area contributed by atoms with Gasteiger partial charge in [0.1, 0.15) is 44.4 Å². The molecule has 0 aliphatic heterocycles. The third-order valence-electron chi connectivity index (χ3n) is 12.8. The Morgan fingerprint density at radius 2 is 0.705 bits per heavy atom. The standard InChI is InChI=1S/C54H29N3O4/c1-2-14-30(15-3-1)55-39-28-31(56-47-35-18-6-10-22-42(35)58-51(47)52-48(56)36-19-7-11-23-43(36)59-52)26-27-34(39)46-33-17-5-4-16-32(33)40(29-41(46)55)57-49-37-20-8-12-24-44(37)60-53(49)54-50(57)38-21-9-13-25-45(38)61-54/h1-29H. The SMILES string of the molecule is c1ccc(-n2c3cc(-n4c5c6ccccc6oc5c5oc6ccccc6c54)ccc3c3c4ccccc4c(-n4c5c6ccccc6oc5c5oc6ccccc6c54)cc32)cc1. The number of benzene rings is 8. The normalized spacial score (nSPS) is 12.6. The van der Waals surface area contributed by atoms with Crippen molar-refractivity contribution in [3.8, 4) is 17.1 Å². The van der Waals surface area contributed by atoms with Gasteiger partial charge in [-0.1, -0.05) is 97.1 Å². The minimum absolute atomic E-state index is 0.743. The van der Waals surface area contributed by atoms with E-state index in [-0.39, 0.29) is 0 Å². The second kappa shape index (κ2) is 11.2. The molecule has 0 aliphatic carbocycles. The van der Waals surface area contributed by atoms with E-state index in [2.05, 4.69) is 141 Å². The maximum Gasteiger partial charge on any atom is 0.196 e. The third kappa shape index (κ3) is 3.93. The third-order valence-corrected chi connectivity index (χ3v) is 12.8. The van der Waals surface area contributed by atoms with Gasteiger partial charge in [-0.3, -0.25) is 0 Å². The zero-order valence-corrected chi connectivity index (χ0v) is 32.2. The number of rotatable bonds is 3. The highest BCUT2D eigenvalue weighted by atomic mass is 16.4. The van der Waals surface area contributed by atoms with E-state index in [0.717, 1.165) is 133 Å². The lowest BCUT2D eigenvalue weighted by Crippen LogP contribution is -1.99. The quantitative estimate of drug-likeness (QED) is 0.179.